The second kappa shape index (κ2) is 8.04. The number of hydrogen-bond acceptors (Lipinski definition) is 7. The molecule has 0 fully saturated rings. The van der Waals surface area contributed by atoms with Crippen molar-refractivity contribution in [3.8, 4) is 0 Å². The summed E-state index contributed by atoms with van der Waals surface area (Å²) < 4.78 is 13.8. The van der Waals surface area contributed by atoms with Crippen LogP contribution >= 0.6 is 0 Å². The fourth-order valence-corrected chi connectivity index (χ4v) is 2.42. The van der Waals surface area contributed by atoms with E-state index in [1.165, 1.54) is 18.2 Å². The Balaban J connectivity index is 2.10. The number of hydrogen-bond donors (Lipinski definition) is 5. The number of rotatable bonds is 6. The highest BCUT2D eigenvalue weighted by Gasteiger charge is 2.27. The Morgan fingerprint density at radius 2 is 1.89 bits per heavy atom. The van der Waals surface area contributed by atoms with Crippen LogP contribution in [0.4, 0.5) is 10.1 Å². The van der Waals surface area contributed by atoms with E-state index in [9.17, 15) is 19.4 Å². The SMILES string of the molecule is O=c1[nH]c2ccccc2nc1/C(=N/Nc1ccccc1F)C(O)C(O)CO. The summed E-state index contributed by atoms with van der Waals surface area (Å²) in [5, 5.41) is 33.1. The molecule has 1 aromatic heterocycles. The summed E-state index contributed by atoms with van der Waals surface area (Å²) in [6, 6.07) is 12.4. The van der Waals surface area contributed by atoms with Gasteiger partial charge < -0.3 is 20.3 Å². The van der Waals surface area contributed by atoms with Gasteiger partial charge in [-0.15, -0.1) is 0 Å². The number of aromatic amines is 1. The molecule has 5 N–H and O–H groups in total. The molecule has 0 saturated carbocycles. The minimum absolute atomic E-state index is 0.00194. The summed E-state index contributed by atoms with van der Waals surface area (Å²) >= 11 is 0. The molecule has 2 atom stereocenters. The normalized spacial score (nSPS) is 14.1. The number of aromatic nitrogens is 2. The Hall–Kier alpha value is -3.14. The van der Waals surface area contributed by atoms with Crippen molar-refractivity contribution in [2.45, 2.75) is 12.2 Å². The number of hydrazone groups is 1. The number of anilines is 1. The van der Waals surface area contributed by atoms with Crippen molar-refractivity contribution in [3.05, 3.63) is 70.4 Å². The molecule has 0 spiro atoms. The maximum Gasteiger partial charge on any atom is 0.276 e. The average Bonchev–Trinajstić information content (AvgIpc) is 2.68. The molecule has 2 aromatic carbocycles. The molecule has 0 aliphatic carbocycles. The number of aliphatic hydroxyl groups excluding tert-OH is 3. The van der Waals surface area contributed by atoms with Gasteiger partial charge in [0.25, 0.3) is 5.56 Å². The third-order valence-electron chi connectivity index (χ3n) is 3.84. The van der Waals surface area contributed by atoms with E-state index in [-0.39, 0.29) is 17.1 Å². The number of nitrogens with zero attached hydrogens (tertiary/aromatic N) is 2. The van der Waals surface area contributed by atoms with E-state index >= 15 is 0 Å². The summed E-state index contributed by atoms with van der Waals surface area (Å²) in [5.74, 6) is -0.599. The second-order valence-corrected chi connectivity index (χ2v) is 5.72. The van der Waals surface area contributed by atoms with E-state index < -0.39 is 30.2 Å². The molecule has 0 aliphatic heterocycles. The van der Waals surface area contributed by atoms with Gasteiger partial charge in [-0.2, -0.15) is 5.10 Å². The van der Waals surface area contributed by atoms with Crippen LogP contribution in [-0.2, 0) is 0 Å². The molecule has 0 saturated heterocycles. The summed E-state index contributed by atoms with van der Waals surface area (Å²) in [6.45, 7) is -0.772. The molecule has 9 heteroatoms. The lowest BCUT2D eigenvalue weighted by atomic mass is 10.1. The molecule has 0 aliphatic rings. The standard InChI is InChI=1S/C18H17FN4O4/c19-10-5-1-2-6-11(10)22-23-15(17(26)14(25)9-24)16-18(27)21-13-8-4-3-7-12(13)20-16/h1-8,14,17,22,24-26H,9H2,(H,21,27)/b23-15-. The Labute approximate surface area is 152 Å². The zero-order chi connectivity index (χ0) is 19.4. The van der Waals surface area contributed by atoms with E-state index in [1.807, 2.05) is 0 Å². The van der Waals surface area contributed by atoms with Crippen LogP contribution < -0.4 is 11.0 Å². The minimum atomic E-state index is -1.73. The lowest BCUT2D eigenvalue weighted by Gasteiger charge is -2.17. The van der Waals surface area contributed by atoms with Crippen molar-refractivity contribution in [1.29, 1.82) is 0 Å². The van der Waals surface area contributed by atoms with Gasteiger partial charge in [-0.25, -0.2) is 9.37 Å². The van der Waals surface area contributed by atoms with Gasteiger partial charge in [-0.1, -0.05) is 24.3 Å². The van der Waals surface area contributed by atoms with Crippen LogP contribution in [0.25, 0.3) is 11.0 Å². The summed E-state index contributed by atoms with van der Waals surface area (Å²) in [4.78, 5) is 19.2. The van der Waals surface area contributed by atoms with Crippen molar-refractivity contribution in [1.82, 2.24) is 9.97 Å². The largest absolute Gasteiger partial charge is 0.394 e. The highest BCUT2D eigenvalue weighted by Crippen LogP contribution is 2.14. The first kappa shape index (κ1) is 18.6. The molecule has 140 valence electrons. The Bertz CT molecular complexity index is 1040. The monoisotopic (exact) mass is 372 g/mol. The van der Waals surface area contributed by atoms with E-state index in [4.69, 9.17) is 5.11 Å². The predicted molar refractivity (Wildman–Crippen MR) is 98.0 cm³/mol. The van der Waals surface area contributed by atoms with Gasteiger partial charge in [0.2, 0.25) is 0 Å². The molecule has 8 nitrogen and oxygen atoms in total. The number of fused-ring (bicyclic) bond motifs is 1. The molecule has 0 amide bonds. The highest BCUT2D eigenvalue weighted by atomic mass is 19.1. The van der Waals surface area contributed by atoms with E-state index in [0.29, 0.717) is 11.0 Å². The van der Waals surface area contributed by atoms with E-state index in [2.05, 4.69) is 20.5 Å². The van der Waals surface area contributed by atoms with Crippen molar-refractivity contribution in [2.24, 2.45) is 5.10 Å². The van der Waals surface area contributed by atoms with Gasteiger partial charge in [0.1, 0.15) is 23.7 Å². The molecule has 0 radical (unpaired) electrons. The third kappa shape index (κ3) is 4.00. The van der Waals surface area contributed by atoms with E-state index in [0.717, 1.165) is 0 Å². The number of halogens is 1. The Morgan fingerprint density at radius 1 is 1.19 bits per heavy atom. The third-order valence-corrected chi connectivity index (χ3v) is 3.84. The molecule has 1 heterocycles. The zero-order valence-electron chi connectivity index (χ0n) is 14.0. The molecular weight excluding hydrogens is 355 g/mol. The maximum absolute atomic E-state index is 13.8. The van der Waals surface area contributed by atoms with Crippen LogP contribution in [0.1, 0.15) is 5.69 Å². The van der Waals surface area contributed by atoms with Crippen molar-refractivity contribution in [2.75, 3.05) is 12.0 Å². The number of benzene rings is 2. The summed E-state index contributed by atoms with van der Waals surface area (Å²) in [7, 11) is 0. The fraction of sp³-hybridized carbons (Fsp3) is 0.167. The second-order valence-electron chi connectivity index (χ2n) is 5.72. The van der Waals surface area contributed by atoms with E-state index in [1.54, 1.807) is 30.3 Å². The quantitative estimate of drug-likeness (QED) is 0.318. The predicted octanol–water partition coefficient (Wildman–Crippen LogP) is 0.592. The number of para-hydroxylation sites is 3. The Morgan fingerprint density at radius 3 is 2.63 bits per heavy atom. The van der Waals surface area contributed by atoms with Crippen molar-refractivity contribution >= 4 is 22.4 Å². The van der Waals surface area contributed by atoms with Crippen molar-refractivity contribution < 1.29 is 19.7 Å². The van der Waals surface area contributed by atoms with Gasteiger partial charge in [-0.3, -0.25) is 10.2 Å². The first-order valence-electron chi connectivity index (χ1n) is 8.06. The molecule has 0 bridgehead atoms. The zero-order valence-corrected chi connectivity index (χ0v) is 14.0. The van der Waals surface area contributed by atoms with Crippen LogP contribution in [0.3, 0.4) is 0 Å². The van der Waals surface area contributed by atoms with Crippen LogP contribution in [-0.4, -0.2) is 49.8 Å². The van der Waals surface area contributed by atoms with Gasteiger partial charge >= 0.3 is 0 Å². The molecule has 2 unspecified atom stereocenters. The molecule has 3 aromatic rings. The number of aliphatic hydroxyl groups is 3. The highest BCUT2D eigenvalue weighted by molar-refractivity contribution is 6.03. The first-order valence-corrected chi connectivity index (χ1v) is 8.06. The van der Waals surface area contributed by atoms with Gasteiger partial charge in [0.05, 0.1) is 23.3 Å². The number of nitrogens with one attached hydrogen (secondary N) is 2. The topological polar surface area (TPSA) is 131 Å². The molecule has 3 rings (SSSR count). The maximum atomic E-state index is 13.8. The lowest BCUT2D eigenvalue weighted by Crippen LogP contribution is -2.40. The smallest absolute Gasteiger partial charge is 0.276 e. The fourth-order valence-electron chi connectivity index (χ4n) is 2.42. The van der Waals surface area contributed by atoms with Crippen molar-refractivity contribution in [3.63, 3.8) is 0 Å². The Kier molecular flexibility index (Phi) is 5.55. The van der Waals surface area contributed by atoms with Gasteiger partial charge in [-0.05, 0) is 24.3 Å². The van der Waals surface area contributed by atoms with Gasteiger partial charge in [0, 0.05) is 0 Å². The van der Waals surface area contributed by atoms with Crippen LogP contribution in [0.5, 0.6) is 0 Å². The first-order chi connectivity index (χ1) is 13.0. The van der Waals surface area contributed by atoms with Crippen LogP contribution in [0.15, 0.2) is 58.4 Å². The van der Waals surface area contributed by atoms with Crippen LogP contribution in [0, 0.1) is 5.82 Å². The summed E-state index contributed by atoms with van der Waals surface area (Å²) in [5.41, 5.74) is 2.05. The lowest BCUT2D eigenvalue weighted by molar-refractivity contribution is 0.0185. The van der Waals surface area contributed by atoms with Crippen LogP contribution in [0.2, 0.25) is 0 Å². The summed E-state index contributed by atoms with van der Waals surface area (Å²) in [6.07, 6.45) is -3.34. The molecular formula is C18H17FN4O4. The van der Waals surface area contributed by atoms with Gasteiger partial charge in [0.15, 0.2) is 5.69 Å². The number of H-pyrrole nitrogens is 1. The molecule has 27 heavy (non-hydrogen) atoms. The minimum Gasteiger partial charge on any atom is -0.394 e. The average molecular weight is 372 g/mol.